The van der Waals surface area contributed by atoms with E-state index >= 15 is 0 Å². The lowest BCUT2D eigenvalue weighted by Gasteiger charge is -2.49. The highest BCUT2D eigenvalue weighted by Gasteiger charge is 2.51. The van der Waals surface area contributed by atoms with Crippen molar-refractivity contribution in [2.45, 2.75) is 37.1 Å². The molecule has 0 bridgehead atoms. The molecule has 2 amide bonds. The molecule has 0 saturated carbocycles. The lowest BCUT2D eigenvalue weighted by atomic mass is 9.63. The van der Waals surface area contributed by atoms with E-state index in [4.69, 9.17) is 19.9 Å². The van der Waals surface area contributed by atoms with Crippen molar-refractivity contribution < 1.29 is 32.6 Å². The number of amides is 2. The normalized spacial score (nSPS) is 22.8. The van der Waals surface area contributed by atoms with E-state index in [1.807, 2.05) is 11.0 Å². The van der Waals surface area contributed by atoms with Crippen molar-refractivity contribution in [1.29, 1.82) is 0 Å². The van der Waals surface area contributed by atoms with Gasteiger partial charge in [-0.05, 0) is 73.7 Å². The van der Waals surface area contributed by atoms with Crippen LogP contribution in [0.15, 0.2) is 54.9 Å². The van der Waals surface area contributed by atoms with E-state index in [2.05, 4.69) is 16.8 Å². The van der Waals surface area contributed by atoms with Gasteiger partial charge in [0, 0.05) is 49.6 Å². The summed E-state index contributed by atoms with van der Waals surface area (Å²) in [6.45, 7) is 4.16. The minimum absolute atomic E-state index is 0.0281. The summed E-state index contributed by atoms with van der Waals surface area (Å²) in [5.41, 5.74) is 6.55. The minimum atomic E-state index is -1.15. The highest BCUT2D eigenvalue weighted by Crippen LogP contribution is 2.47. The standard InChI is InChI=1S/C33H38F2N4O5/c1-20(22-9-12-39(18-22)31(40)23-15-28(42-2)30(44-4)29(16-23)43-3)38-13-10-33(32(36)41,24-6-5-11-37-17-24)25(19-38)21-7-8-26(34)27(35)14-21/h5-8,11,14-17,20,22,25H,9-10,12-13,18-19H2,1-4H3,(H2,36,41). The van der Waals surface area contributed by atoms with Crippen LogP contribution in [-0.4, -0.2) is 80.1 Å². The highest BCUT2D eigenvalue weighted by molar-refractivity contribution is 5.96. The number of hydrogen-bond donors (Lipinski definition) is 1. The number of likely N-dealkylation sites (tertiary alicyclic amines) is 2. The second kappa shape index (κ2) is 12.8. The number of carbonyl (C=O) groups is 2. The van der Waals surface area contributed by atoms with Crippen LogP contribution < -0.4 is 19.9 Å². The second-order valence-corrected chi connectivity index (χ2v) is 11.5. The second-order valence-electron chi connectivity index (χ2n) is 11.5. The number of nitrogens with two attached hydrogens (primary N) is 1. The maximum atomic E-state index is 14.5. The Morgan fingerprint density at radius 1 is 1.00 bits per heavy atom. The molecule has 234 valence electrons. The van der Waals surface area contributed by atoms with Crippen LogP contribution in [0, 0.1) is 17.6 Å². The monoisotopic (exact) mass is 608 g/mol. The molecule has 4 atom stereocenters. The molecule has 2 saturated heterocycles. The number of primary amides is 1. The Hall–Kier alpha value is -4.25. The van der Waals surface area contributed by atoms with Crippen molar-refractivity contribution in [2.75, 3.05) is 47.5 Å². The molecule has 3 heterocycles. The van der Waals surface area contributed by atoms with E-state index in [0.29, 0.717) is 66.5 Å². The quantitative estimate of drug-likeness (QED) is 0.389. The van der Waals surface area contributed by atoms with Crippen LogP contribution in [0.4, 0.5) is 8.78 Å². The summed E-state index contributed by atoms with van der Waals surface area (Å²) in [4.78, 5) is 35.2. The number of halogens is 2. The van der Waals surface area contributed by atoms with Crippen LogP contribution in [0.2, 0.25) is 0 Å². The van der Waals surface area contributed by atoms with Crippen LogP contribution in [0.5, 0.6) is 17.2 Å². The predicted octanol–water partition coefficient (Wildman–Crippen LogP) is 4.15. The SMILES string of the molecule is COc1cc(C(=O)N2CCC(C(C)N3CCC(C(N)=O)(c4cccnc4)C(c4ccc(F)c(F)c4)C3)C2)cc(OC)c1OC. The largest absolute Gasteiger partial charge is 0.493 e. The summed E-state index contributed by atoms with van der Waals surface area (Å²) in [5.74, 6) is -1.78. The average Bonchev–Trinajstić information content (AvgIpc) is 3.55. The molecule has 2 aliphatic heterocycles. The number of nitrogens with zero attached hydrogens (tertiary/aromatic N) is 3. The first-order valence-electron chi connectivity index (χ1n) is 14.6. The van der Waals surface area contributed by atoms with Gasteiger partial charge < -0.3 is 24.8 Å². The van der Waals surface area contributed by atoms with Gasteiger partial charge in [-0.1, -0.05) is 12.1 Å². The van der Waals surface area contributed by atoms with E-state index < -0.39 is 28.9 Å². The summed E-state index contributed by atoms with van der Waals surface area (Å²) in [7, 11) is 4.52. The van der Waals surface area contributed by atoms with Crippen molar-refractivity contribution in [1.82, 2.24) is 14.8 Å². The molecule has 44 heavy (non-hydrogen) atoms. The van der Waals surface area contributed by atoms with Crippen molar-refractivity contribution >= 4 is 11.8 Å². The van der Waals surface area contributed by atoms with Gasteiger partial charge in [-0.2, -0.15) is 0 Å². The Labute approximate surface area is 255 Å². The molecule has 3 aromatic rings. The topological polar surface area (TPSA) is 107 Å². The van der Waals surface area contributed by atoms with Crippen LogP contribution in [0.1, 0.15) is 47.2 Å². The van der Waals surface area contributed by atoms with Gasteiger partial charge in [-0.15, -0.1) is 0 Å². The number of piperidine rings is 1. The Bertz CT molecular complexity index is 1500. The summed E-state index contributed by atoms with van der Waals surface area (Å²) < 4.78 is 44.7. The van der Waals surface area contributed by atoms with Crippen molar-refractivity contribution in [3.05, 3.63) is 83.2 Å². The smallest absolute Gasteiger partial charge is 0.254 e. The Morgan fingerprint density at radius 2 is 1.73 bits per heavy atom. The molecular formula is C33H38F2N4O5. The summed E-state index contributed by atoms with van der Waals surface area (Å²) in [6.07, 6.45) is 4.41. The molecule has 5 rings (SSSR count). The Morgan fingerprint density at radius 3 is 2.32 bits per heavy atom. The number of carbonyl (C=O) groups excluding carboxylic acids is 2. The van der Waals surface area contributed by atoms with Crippen LogP contribution >= 0.6 is 0 Å². The van der Waals surface area contributed by atoms with Crippen LogP contribution in [0.25, 0.3) is 0 Å². The molecule has 2 aromatic carbocycles. The molecule has 9 nitrogen and oxygen atoms in total. The fraction of sp³-hybridized carbons (Fsp3) is 0.424. The van der Waals surface area contributed by atoms with Gasteiger partial charge in [0.1, 0.15) is 0 Å². The van der Waals surface area contributed by atoms with Crippen LogP contribution in [-0.2, 0) is 10.2 Å². The van der Waals surface area contributed by atoms with Crippen molar-refractivity contribution in [3.63, 3.8) is 0 Å². The number of hydrogen-bond acceptors (Lipinski definition) is 7. The molecule has 2 fully saturated rings. The molecule has 0 radical (unpaired) electrons. The van der Waals surface area contributed by atoms with E-state index in [1.165, 1.54) is 27.4 Å². The third kappa shape index (κ3) is 5.56. The van der Waals surface area contributed by atoms with Gasteiger partial charge in [0.25, 0.3) is 5.91 Å². The zero-order valence-electron chi connectivity index (χ0n) is 25.4. The van der Waals surface area contributed by atoms with Crippen molar-refractivity contribution in [2.24, 2.45) is 11.7 Å². The lowest BCUT2D eigenvalue weighted by Crippen LogP contribution is -2.57. The molecule has 2 N–H and O–H groups in total. The zero-order valence-corrected chi connectivity index (χ0v) is 25.4. The first kappa shape index (κ1) is 31.2. The molecule has 1 aromatic heterocycles. The van der Waals surface area contributed by atoms with Crippen molar-refractivity contribution in [3.8, 4) is 17.2 Å². The average molecular weight is 609 g/mol. The fourth-order valence-corrected chi connectivity index (χ4v) is 6.92. The first-order chi connectivity index (χ1) is 21.1. The molecule has 0 aliphatic carbocycles. The third-order valence-corrected chi connectivity index (χ3v) is 9.45. The zero-order chi connectivity index (χ0) is 31.6. The maximum Gasteiger partial charge on any atom is 0.254 e. The molecular weight excluding hydrogens is 570 g/mol. The van der Waals surface area contributed by atoms with E-state index in [-0.39, 0.29) is 17.9 Å². The Kier molecular flexibility index (Phi) is 9.05. The number of ether oxygens (including phenoxy) is 3. The minimum Gasteiger partial charge on any atom is -0.493 e. The van der Waals surface area contributed by atoms with Gasteiger partial charge in [-0.25, -0.2) is 8.78 Å². The van der Waals surface area contributed by atoms with Gasteiger partial charge in [-0.3, -0.25) is 19.5 Å². The van der Waals surface area contributed by atoms with Gasteiger partial charge in [0.05, 0.1) is 26.7 Å². The lowest BCUT2D eigenvalue weighted by molar-refractivity contribution is -0.126. The Balaban J connectivity index is 1.39. The molecule has 2 aliphatic rings. The van der Waals surface area contributed by atoms with Gasteiger partial charge in [0.15, 0.2) is 23.1 Å². The third-order valence-electron chi connectivity index (χ3n) is 9.45. The molecule has 11 heteroatoms. The number of rotatable bonds is 9. The maximum absolute atomic E-state index is 14.5. The first-order valence-corrected chi connectivity index (χ1v) is 14.6. The fourth-order valence-electron chi connectivity index (χ4n) is 6.92. The molecule has 4 unspecified atom stereocenters. The number of methoxy groups -OCH3 is 3. The van der Waals surface area contributed by atoms with E-state index in [1.54, 1.807) is 30.6 Å². The number of aromatic nitrogens is 1. The number of benzene rings is 2. The summed E-state index contributed by atoms with van der Waals surface area (Å²) in [5, 5.41) is 0. The van der Waals surface area contributed by atoms with Gasteiger partial charge >= 0.3 is 0 Å². The van der Waals surface area contributed by atoms with E-state index in [0.717, 1.165) is 18.6 Å². The van der Waals surface area contributed by atoms with Crippen LogP contribution in [0.3, 0.4) is 0 Å². The van der Waals surface area contributed by atoms with Gasteiger partial charge in [0.2, 0.25) is 11.7 Å². The highest BCUT2D eigenvalue weighted by atomic mass is 19.2. The summed E-state index contributed by atoms with van der Waals surface area (Å²) >= 11 is 0. The van der Waals surface area contributed by atoms with E-state index in [9.17, 15) is 18.4 Å². The molecule has 0 spiro atoms. The summed E-state index contributed by atoms with van der Waals surface area (Å²) in [6, 6.07) is 10.7. The number of pyridine rings is 1. The predicted molar refractivity (Wildman–Crippen MR) is 160 cm³/mol.